The van der Waals surface area contributed by atoms with E-state index in [-0.39, 0.29) is 12.1 Å². The number of benzene rings is 1. The van der Waals surface area contributed by atoms with Crippen molar-refractivity contribution in [1.29, 1.82) is 0 Å². The van der Waals surface area contributed by atoms with E-state index in [1.807, 2.05) is 38.1 Å². The highest BCUT2D eigenvalue weighted by Crippen LogP contribution is 2.35. The van der Waals surface area contributed by atoms with E-state index in [9.17, 15) is 4.79 Å². The first kappa shape index (κ1) is 11.8. The van der Waals surface area contributed by atoms with Crippen molar-refractivity contribution in [1.82, 2.24) is 0 Å². The minimum absolute atomic E-state index is 0.0521. The third-order valence-corrected chi connectivity index (χ3v) is 2.33. The molecule has 0 spiro atoms. The molecule has 1 heterocycles. The average Bonchev–Trinajstić information content (AvgIpc) is 2.60. The van der Waals surface area contributed by atoms with E-state index in [2.05, 4.69) is 13.8 Å². The van der Waals surface area contributed by atoms with Crippen LogP contribution in [-0.2, 0) is 4.74 Å². The molecular formula is C13H18O2. The number of carbonyl (C=O) groups excluding carboxylic acids is 1. The number of fused-ring (bicyclic) bond motifs is 1. The number of hydrogen-bond acceptors (Lipinski definition) is 2. The molecule has 2 heteroatoms. The maximum absolute atomic E-state index is 11.4. The van der Waals surface area contributed by atoms with Gasteiger partial charge in [-0.3, -0.25) is 0 Å². The lowest BCUT2D eigenvalue weighted by Crippen LogP contribution is -2.05. The van der Waals surface area contributed by atoms with Crippen molar-refractivity contribution < 1.29 is 9.53 Å². The van der Waals surface area contributed by atoms with Gasteiger partial charge in [0.2, 0.25) is 0 Å². The van der Waals surface area contributed by atoms with Crippen LogP contribution in [0.25, 0.3) is 0 Å². The number of ether oxygens (including phenoxy) is 1. The highest BCUT2D eigenvalue weighted by atomic mass is 16.5. The first-order valence-electron chi connectivity index (χ1n) is 5.50. The summed E-state index contributed by atoms with van der Waals surface area (Å²) in [4.78, 5) is 11.4. The van der Waals surface area contributed by atoms with Crippen molar-refractivity contribution in [3.63, 3.8) is 0 Å². The maximum Gasteiger partial charge on any atom is 0.339 e. The van der Waals surface area contributed by atoms with Crippen LogP contribution in [-0.4, -0.2) is 5.97 Å². The topological polar surface area (TPSA) is 26.3 Å². The molecule has 82 valence electrons. The first-order valence-corrected chi connectivity index (χ1v) is 5.50. The molecule has 15 heavy (non-hydrogen) atoms. The van der Waals surface area contributed by atoms with Gasteiger partial charge in [-0.25, -0.2) is 4.79 Å². The minimum atomic E-state index is -0.186. The van der Waals surface area contributed by atoms with Gasteiger partial charge in [0.25, 0.3) is 0 Å². The van der Waals surface area contributed by atoms with E-state index in [4.69, 9.17) is 4.74 Å². The van der Waals surface area contributed by atoms with E-state index >= 15 is 0 Å². The average molecular weight is 206 g/mol. The highest BCUT2D eigenvalue weighted by Gasteiger charge is 2.32. The summed E-state index contributed by atoms with van der Waals surface area (Å²) in [5.41, 5.74) is 1.75. The molecular weight excluding hydrogens is 188 g/mol. The third-order valence-electron chi connectivity index (χ3n) is 2.33. The molecule has 0 saturated heterocycles. The molecule has 0 bridgehead atoms. The van der Waals surface area contributed by atoms with Gasteiger partial charge in [-0.2, -0.15) is 0 Å². The molecule has 1 aromatic carbocycles. The monoisotopic (exact) mass is 206 g/mol. The van der Waals surface area contributed by atoms with Gasteiger partial charge in [0, 0.05) is 5.56 Å². The van der Waals surface area contributed by atoms with E-state index in [1.54, 1.807) is 0 Å². The Kier molecular flexibility index (Phi) is 3.89. The summed E-state index contributed by atoms with van der Waals surface area (Å²) in [7, 11) is 0. The van der Waals surface area contributed by atoms with E-state index in [0.29, 0.717) is 5.92 Å². The maximum atomic E-state index is 11.4. The number of cyclic esters (lactones) is 1. The van der Waals surface area contributed by atoms with Gasteiger partial charge >= 0.3 is 5.97 Å². The SMILES string of the molecule is CC.CC(C)C1OC(=O)c2ccccc21. The molecule has 0 radical (unpaired) electrons. The standard InChI is InChI=1S/C11H12O2.C2H6/c1-7(2)10-8-5-3-4-6-9(8)11(12)13-10;1-2/h3-7,10H,1-2H3;1-2H3. The van der Waals surface area contributed by atoms with Crippen LogP contribution in [0.3, 0.4) is 0 Å². The van der Waals surface area contributed by atoms with Gasteiger partial charge in [0.15, 0.2) is 0 Å². The lowest BCUT2D eigenvalue weighted by atomic mass is 9.97. The van der Waals surface area contributed by atoms with Crippen LogP contribution >= 0.6 is 0 Å². The van der Waals surface area contributed by atoms with E-state index in [0.717, 1.165) is 11.1 Å². The van der Waals surface area contributed by atoms with Gasteiger partial charge in [0.05, 0.1) is 5.56 Å². The van der Waals surface area contributed by atoms with Crippen molar-refractivity contribution in [2.75, 3.05) is 0 Å². The Balaban J connectivity index is 0.000000531. The summed E-state index contributed by atoms with van der Waals surface area (Å²) in [6.07, 6.45) is -0.0521. The summed E-state index contributed by atoms with van der Waals surface area (Å²) in [6.45, 7) is 8.11. The van der Waals surface area contributed by atoms with Crippen LogP contribution in [0.1, 0.15) is 49.7 Å². The molecule has 1 aliphatic heterocycles. The fourth-order valence-corrected chi connectivity index (χ4v) is 1.67. The van der Waals surface area contributed by atoms with Crippen LogP contribution in [0.5, 0.6) is 0 Å². The quantitative estimate of drug-likeness (QED) is 0.656. The predicted molar refractivity (Wildman–Crippen MR) is 60.8 cm³/mol. The second kappa shape index (κ2) is 4.96. The normalized spacial score (nSPS) is 17.9. The largest absolute Gasteiger partial charge is 0.454 e. The Labute approximate surface area is 91.3 Å². The summed E-state index contributed by atoms with van der Waals surface area (Å²) < 4.78 is 5.25. The lowest BCUT2D eigenvalue weighted by Gasteiger charge is -2.13. The molecule has 1 atom stereocenters. The molecule has 0 N–H and O–H groups in total. The van der Waals surface area contributed by atoms with Crippen LogP contribution in [0.4, 0.5) is 0 Å². The van der Waals surface area contributed by atoms with Crippen LogP contribution in [0.2, 0.25) is 0 Å². The molecule has 0 saturated carbocycles. The molecule has 2 nitrogen and oxygen atoms in total. The van der Waals surface area contributed by atoms with Gasteiger partial charge in [0.1, 0.15) is 6.10 Å². The lowest BCUT2D eigenvalue weighted by molar-refractivity contribution is 0.0280. The minimum Gasteiger partial charge on any atom is -0.454 e. The zero-order valence-corrected chi connectivity index (χ0v) is 9.78. The van der Waals surface area contributed by atoms with Crippen molar-refractivity contribution in [3.05, 3.63) is 35.4 Å². The Morgan fingerprint density at radius 1 is 1.20 bits per heavy atom. The van der Waals surface area contributed by atoms with Crippen molar-refractivity contribution >= 4 is 5.97 Å². The van der Waals surface area contributed by atoms with E-state index < -0.39 is 0 Å². The van der Waals surface area contributed by atoms with Gasteiger partial charge < -0.3 is 4.74 Å². The fraction of sp³-hybridized carbons (Fsp3) is 0.462. The van der Waals surface area contributed by atoms with Crippen molar-refractivity contribution in [2.24, 2.45) is 5.92 Å². The summed E-state index contributed by atoms with van der Waals surface area (Å²) >= 11 is 0. The van der Waals surface area contributed by atoms with Crippen LogP contribution < -0.4 is 0 Å². The number of hydrogen-bond donors (Lipinski definition) is 0. The summed E-state index contributed by atoms with van der Waals surface area (Å²) in [6, 6.07) is 7.59. The van der Waals surface area contributed by atoms with Gasteiger partial charge in [-0.1, -0.05) is 45.9 Å². The molecule has 1 unspecified atom stereocenters. The number of rotatable bonds is 1. The fourth-order valence-electron chi connectivity index (χ4n) is 1.67. The van der Waals surface area contributed by atoms with Crippen molar-refractivity contribution in [2.45, 2.75) is 33.8 Å². The number of esters is 1. The smallest absolute Gasteiger partial charge is 0.339 e. The molecule has 0 fully saturated rings. The number of carbonyl (C=O) groups is 1. The summed E-state index contributed by atoms with van der Waals surface area (Å²) in [5, 5.41) is 0. The molecule has 0 aromatic heterocycles. The molecule has 1 aliphatic rings. The van der Waals surface area contributed by atoms with Gasteiger partial charge in [-0.15, -0.1) is 0 Å². The third kappa shape index (κ3) is 2.20. The summed E-state index contributed by atoms with van der Waals surface area (Å²) in [5.74, 6) is 0.155. The second-order valence-electron chi connectivity index (χ2n) is 3.66. The zero-order chi connectivity index (χ0) is 11.4. The molecule has 0 aliphatic carbocycles. The molecule has 2 rings (SSSR count). The van der Waals surface area contributed by atoms with E-state index in [1.165, 1.54) is 0 Å². The van der Waals surface area contributed by atoms with Gasteiger partial charge in [-0.05, 0) is 12.0 Å². The Morgan fingerprint density at radius 2 is 1.80 bits per heavy atom. The van der Waals surface area contributed by atoms with Crippen LogP contribution in [0, 0.1) is 5.92 Å². The zero-order valence-electron chi connectivity index (χ0n) is 9.78. The van der Waals surface area contributed by atoms with Crippen molar-refractivity contribution in [3.8, 4) is 0 Å². The Morgan fingerprint density at radius 3 is 2.40 bits per heavy atom. The predicted octanol–water partition coefficient (Wildman–Crippen LogP) is 3.58. The Hall–Kier alpha value is -1.31. The van der Waals surface area contributed by atoms with Crippen LogP contribution in [0.15, 0.2) is 24.3 Å². The first-order chi connectivity index (χ1) is 7.20. The molecule has 0 amide bonds. The molecule has 1 aromatic rings. The second-order valence-corrected chi connectivity index (χ2v) is 3.66. The highest BCUT2D eigenvalue weighted by molar-refractivity contribution is 5.93. The Bertz CT molecular complexity index is 342.